The van der Waals surface area contributed by atoms with Crippen molar-refractivity contribution in [2.75, 3.05) is 13.1 Å². The monoisotopic (exact) mass is 378 g/mol. The summed E-state index contributed by atoms with van der Waals surface area (Å²) in [4.78, 5) is 25.7. The molecule has 7 heteroatoms. The molecule has 124 valence electrons. The topological polar surface area (TPSA) is 58.2 Å². The van der Waals surface area contributed by atoms with Gasteiger partial charge in [0.05, 0.1) is 11.6 Å². The number of rotatable bonds is 6. The SMILES string of the molecule is O=C(CNC(=O)c1sc2ccccc2c1Cl)NCCc1cccs1. The van der Waals surface area contributed by atoms with E-state index in [1.165, 1.54) is 16.2 Å². The van der Waals surface area contributed by atoms with Crippen molar-refractivity contribution in [3.63, 3.8) is 0 Å². The maximum absolute atomic E-state index is 12.2. The fraction of sp³-hybridized carbons (Fsp3) is 0.176. The summed E-state index contributed by atoms with van der Waals surface area (Å²) in [6, 6.07) is 11.6. The standard InChI is InChI=1S/C17H15ClN2O2S2/c18-15-12-5-1-2-6-13(12)24-16(15)17(22)20-10-14(21)19-8-7-11-4-3-9-23-11/h1-6,9H,7-8,10H2,(H,19,21)(H,20,22). The second-order valence-electron chi connectivity index (χ2n) is 5.10. The van der Waals surface area contributed by atoms with Crippen molar-refractivity contribution in [3.05, 3.63) is 56.6 Å². The van der Waals surface area contributed by atoms with Crippen molar-refractivity contribution in [2.24, 2.45) is 0 Å². The maximum Gasteiger partial charge on any atom is 0.263 e. The lowest BCUT2D eigenvalue weighted by Crippen LogP contribution is -2.37. The Morgan fingerprint density at radius 3 is 2.67 bits per heavy atom. The fourth-order valence-electron chi connectivity index (χ4n) is 2.24. The molecule has 2 heterocycles. The molecule has 3 rings (SSSR count). The fourth-order valence-corrected chi connectivity index (χ4v) is 4.39. The molecule has 0 saturated carbocycles. The van der Waals surface area contributed by atoms with Crippen LogP contribution in [0.1, 0.15) is 14.5 Å². The summed E-state index contributed by atoms with van der Waals surface area (Å²) in [5.41, 5.74) is 0. The van der Waals surface area contributed by atoms with Gasteiger partial charge in [-0.15, -0.1) is 22.7 Å². The average molecular weight is 379 g/mol. The minimum atomic E-state index is -0.324. The van der Waals surface area contributed by atoms with Gasteiger partial charge in [0.1, 0.15) is 4.88 Å². The minimum Gasteiger partial charge on any atom is -0.354 e. The lowest BCUT2D eigenvalue weighted by Gasteiger charge is -2.06. The molecule has 3 aromatic rings. The van der Waals surface area contributed by atoms with Gasteiger partial charge in [-0.3, -0.25) is 9.59 Å². The third-order valence-electron chi connectivity index (χ3n) is 3.42. The number of fused-ring (bicyclic) bond motifs is 1. The highest BCUT2D eigenvalue weighted by atomic mass is 35.5. The van der Waals surface area contributed by atoms with Gasteiger partial charge in [-0.05, 0) is 23.9 Å². The summed E-state index contributed by atoms with van der Waals surface area (Å²) in [6.45, 7) is 0.493. The van der Waals surface area contributed by atoms with E-state index in [0.29, 0.717) is 16.4 Å². The van der Waals surface area contributed by atoms with E-state index in [-0.39, 0.29) is 18.4 Å². The molecule has 0 fully saturated rings. The van der Waals surface area contributed by atoms with Gasteiger partial charge in [0.2, 0.25) is 5.91 Å². The zero-order valence-electron chi connectivity index (χ0n) is 12.7. The number of halogens is 1. The largest absolute Gasteiger partial charge is 0.354 e. The molecule has 0 aliphatic rings. The van der Waals surface area contributed by atoms with Gasteiger partial charge >= 0.3 is 0 Å². The van der Waals surface area contributed by atoms with Crippen LogP contribution >= 0.6 is 34.3 Å². The average Bonchev–Trinajstić information content (AvgIpc) is 3.21. The Morgan fingerprint density at radius 1 is 1.08 bits per heavy atom. The molecule has 0 radical (unpaired) electrons. The highest BCUT2D eigenvalue weighted by Crippen LogP contribution is 2.34. The molecule has 2 aromatic heterocycles. The Labute approximate surface area is 152 Å². The molecule has 0 unspecified atom stereocenters. The van der Waals surface area contributed by atoms with E-state index in [1.807, 2.05) is 41.8 Å². The van der Waals surface area contributed by atoms with Gasteiger partial charge < -0.3 is 10.6 Å². The van der Waals surface area contributed by atoms with Crippen LogP contribution in [0.15, 0.2) is 41.8 Å². The lowest BCUT2D eigenvalue weighted by atomic mass is 10.2. The Balaban J connectivity index is 1.51. The molecule has 0 spiro atoms. The second kappa shape index (κ2) is 7.79. The van der Waals surface area contributed by atoms with Gasteiger partial charge in [0.25, 0.3) is 5.91 Å². The molecule has 4 nitrogen and oxygen atoms in total. The molecular weight excluding hydrogens is 364 g/mol. The second-order valence-corrected chi connectivity index (χ2v) is 7.57. The number of hydrogen-bond acceptors (Lipinski definition) is 4. The number of hydrogen-bond donors (Lipinski definition) is 2. The molecular formula is C17H15ClN2O2S2. The van der Waals surface area contributed by atoms with E-state index in [4.69, 9.17) is 11.6 Å². The van der Waals surface area contributed by atoms with Crippen molar-refractivity contribution >= 4 is 56.2 Å². The van der Waals surface area contributed by atoms with Crippen LogP contribution in [0, 0.1) is 0 Å². The number of amides is 2. The van der Waals surface area contributed by atoms with Crippen LogP contribution in [0.25, 0.3) is 10.1 Å². The molecule has 2 amide bonds. The van der Waals surface area contributed by atoms with E-state index >= 15 is 0 Å². The maximum atomic E-state index is 12.2. The van der Waals surface area contributed by atoms with E-state index in [1.54, 1.807) is 11.3 Å². The van der Waals surface area contributed by atoms with Crippen LogP contribution in [-0.2, 0) is 11.2 Å². The lowest BCUT2D eigenvalue weighted by molar-refractivity contribution is -0.120. The summed E-state index contributed by atoms with van der Waals surface area (Å²) in [7, 11) is 0. The van der Waals surface area contributed by atoms with Gasteiger partial charge in [-0.25, -0.2) is 0 Å². The predicted molar refractivity (Wildman–Crippen MR) is 100 cm³/mol. The molecule has 2 N–H and O–H groups in total. The minimum absolute atomic E-state index is 0.0617. The van der Waals surface area contributed by atoms with Crippen LogP contribution in [0.4, 0.5) is 0 Å². The number of carbonyl (C=O) groups excluding carboxylic acids is 2. The molecule has 24 heavy (non-hydrogen) atoms. The van der Waals surface area contributed by atoms with Crippen molar-refractivity contribution < 1.29 is 9.59 Å². The number of carbonyl (C=O) groups is 2. The Bertz CT molecular complexity index is 859. The van der Waals surface area contributed by atoms with E-state index in [9.17, 15) is 9.59 Å². The predicted octanol–water partition coefficient (Wildman–Crippen LogP) is 3.70. The van der Waals surface area contributed by atoms with Crippen molar-refractivity contribution in [3.8, 4) is 0 Å². The number of nitrogens with one attached hydrogen (secondary N) is 2. The van der Waals surface area contributed by atoms with E-state index in [0.717, 1.165) is 16.5 Å². The summed E-state index contributed by atoms with van der Waals surface area (Å²) >= 11 is 9.24. The molecule has 1 aromatic carbocycles. The molecule has 0 aliphatic carbocycles. The summed E-state index contributed by atoms with van der Waals surface area (Å²) in [5.74, 6) is -0.535. The summed E-state index contributed by atoms with van der Waals surface area (Å²) < 4.78 is 0.952. The molecule has 0 atom stereocenters. The number of thiophene rings is 2. The molecule has 0 aliphatic heterocycles. The first-order chi connectivity index (χ1) is 11.6. The third kappa shape index (κ3) is 3.95. The molecule has 0 bridgehead atoms. The molecule has 0 saturated heterocycles. The zero-order chi connectivity index (χ0) is 16.9. The smallest absolute Gasteiger partial charge is 0.263 e. The number of benzene rings is 1. The van der Waals surface area contributed by atoms with Crippen LogP contribution in [-0.4, -0.2) is 24.9 Å². The van der Waals surface area contributed by atoms with Crippen molar-refractivity contribution in [1.82, 2.24) is 10.6 Å². The quantitative estimate of drug-likeness (QED) is 0.687. The Kier molecular flexibility index (Phi) is 5.50. The normalized spacial score (nSPS) is 10.7. The van der Waals surface area contributed by atoms with Crippen molar-refractivity contribution in [2.45, 2.75) is 6.42 Å². The first kappa shape index (κ1) is 17.0. The van der Waals surface area contributed by atoms with E-state index in [2.05, 4.69) is 10.6 Å². The highest BCUT2D eigenvalue weighted by Gasteiger charge is 2.17. The van der Waals surface area contributed by atoms with Gasteiger partial charge in [0, 0.05) is 21.5 Å². The summed E-state index contributed by atoms with van der Waals surface area (Å²) in [5, 5.41) is 8.71. The van der Waals surface area contributed by atoms with E-state index < -0.39 is 0 Å². The first-order valence-corrected chi connectivity index (χ1v) is 9.47. The van der Waals surface area contributed by atoms with Crippen LogP contribution in [0.3, 0.4) is 0 Å². The Hall–Kier alpha value is -1.89. The third-order valence-corrected chi connectivity index (χ3v) is 6.03. The summed E-state index contributed by atoms with van der Waals surface area (Å²) in [6.07, 6.45) is 0.791. The Morgan fingerprint density at radius 2 is 1.92 bits per heavy atom. The zero-order valence-corrected chi connectivity index (χ0v) is 15.1. The first-order valence-electron chi connectivity index (χ1n) is 7.39. The highest BCUT2D eigenvalue weighted by molar-refractivity contribution is 7.21. The van der Waals surface area contributed by atoms with Gasteiger partial charge in [-0.2, -0.15) is 0 Å². The van der Waals surface area contributed by atoms with Gasteiger partial charge in [0.15, 0.2) is 0 Å². The van der Waals surface area contributed by atoms with Crippen LogP contribution in [0.5, 0.6) is 0 Å². The van der Waals surface area contributed by atoms with Crippen LogP contribution in [0.2, 0.25) is 5.02 Å². The van der Waals surface area contributed by atoms with Crippen LogP contribution < -0.4 is 10.6 Å². The van der Waals surface area contributed by atoms with Gasteiger partial charge in [-0.1, -0.05) is 35.9 Å². The van der Waals surface area contributed by atoms with Crippen molar-refractivity contribution in [1.29, 1.82) is 0 Å².